The van der Waals surface area contributed by atoms with Crippen molar-refractivity contribution >= 4 is 5.91 Å². The second kappa shape index (κ2) is 10.5. The van der Waals surface area contributed by atoms with Gasteiger partial charge in [0.2, 0.25) is 6.79 Å². The van der Waals surface area contributed by atoms with Crippen LogP contribution >= 0.6 is 0 Å². The van der Waals surface area contributed by atoms with E-state index in [0.29, 0.717) is 30.4 Å². The van der Waals surface area contributed by atoms with Gasteiger partial charge in [-0.15, -0.1) is 0 Å². The van der Waals surface area contributed by atoms with Crippen LogP contribution in [0, 0.1) is 23.4 Å². The number of carbonyl (C=O) groups is 1. The van der Waals surface area contributed by atoms with Gasteiger partial charge in [-0.3, -0.25) is 4.79 Å². The molecule has 0 unspecified atom stereocenters. The van der Waals surface area contributed by atoms with Crippen molar-refractivity contribution in [1.82, 2.24) is 10.6 Å². The Morgan fingerprint density at radius 3 is 2.64 bits per heavy atom. The SMILES string of the molecule is O=C(NCc1c(F)cccc1F)c1cc([C@@H]2CCNC[C@H]2COc2ccc3c(c2)OCO3)ccc1F. The number of amides is 1. The van der Waals surface area contributed by atoms with E-state index in [1.165, 1.54) is 18.2 Å². The molecule has 6 nitrogen and oxygen atoms in total. The zero-order valence-corrected chi connectivity index (χ0v) is 19.4. The number of nitrogens with one attached hydrogen (secondary N) is 2. The molecular formula is C27H25F3N2O4. The van der Waals surface area contributed by atoms with E-state index in [9.17, 15) is 18.0 Å². The molecule has 2 heterocycles. The number of benzene rings is 3. The van der Waals surface area contributed by atoms with Crippen LogP contribution in [0.1, 0.15) is 33.8 Å². The van der Waals surface area contributed by atoms with E-state index in [0.717, 1.165) is 30.7 Å². The van der Waals surface area contributed by atoms with Crippen LogP contribution in [0.4, 0.5) is 13.2 Å². The highest BCUT2D eigenvalue weighted by molar-refractivity contribution is 5.94. The molecule has 9 heteroatoms. The number of fused-ring (bicyclic) bond motifs is 1. The normalized spacial score (nSPS) is 18.6. The molecule has 0 aromatic heterocycles. The van der Waals surface area contributed by atoms with E-state index in [1.54, 1.807) is 18.2 Å². The van der Waals surface area contributed by atoms with Crippen LogP contribution in [-0.4, -0.2) is 32.4 Å². The zero-order chi connectivity index (χ0) is 25.1. The topological polar surface area (TPSA) is 68.8 Å². The van der Waals surface area contributed by atoms with E-state index in [2.05, 4.69) is 10.6 Å². The molecule has 0 saturated carbocycles. The fourth-order valence-corrected chi connectivity index (χ4v) is 4.62. The Bertz CT molecular complexity index is 1250. The molecule has 1 amide bonds. The smallest absolute Gasteiger partial charge is 0.254 e. The summed E-state index contributed by atoms with van der Waals surface area (Å²) in [5, 5.41) is 5.79. The third-order valence-electron chi connectivity index (χ3n) is 6.57. The Morgan fingerprint density at radius 1 is 1.00 bits per heavy atom. The number of carbonyl (C=O) groups excluding carboxylic acids is 1. The predicted octanol–water partition coefficient (Wildman–Crippen LogP) is 4.53. The summed E-state index contributed by atoms with van der Waals surface area (Å²) < 4.78 is 59.1. The lowest BCUT2D eigenvalue weighted by Crippen LogP contribution is -2.38. The van der Waals surface area contributed by atoms with Crippen molar-refractivity contribution in [3.05, 3.63) is 88.7 Å². The molecule has 2 N–H and O–H groups in total. The van der Waals surface area contributed by atoms with Gasteiger partial charge in [0.25, 0.3) is 5.91 Å². The minimum absolute atomic E-state index is 0.0245. The molecule has 188 valence electrons. The lowest BCUT2D eigenvalue weighted by atomic mass is 9.81. The minimum atomic E-state index is -0.774. The second-order valence-corrected chi connectivity index (χ2v) is 8.81. The van der Waals surface area contributed by atoms with E-state index in [-0.39, 0.29) is 36.3 Å². The van der Waals surface area contributed by atoms with E-state index in [4.69, 9.17) is 14.2 Å². The number of ether oxygens (including phenoxy) is 3. The molecular weight excluding hydrogens is 473 g/mol. The van der Waals surface area contributed by atoms with Gasteiger partial charge in [-0.1, -0.05) is 12.1 Å². The van der Waals surface area contributed by atoms with E-state index < -0.39 is 23.4 Å². The summed E-state index contributed by atoms with van der Waals surface area (Å²) in [5.74, 6) is -0.928. The summed E-state index contributed by atoms with van der Waals surface area (Å²) in [6.07, 6.45) is 0.780. The number of halogens is 3. The first kappa shape index (κ1) is 24.0. The molecule has 2 aliphatic rings. The third-order valence-corrected chi connectivity index (χ3v) is 6.57. The lowest BCUT2D eigenvalue weighted by molar-refractivity contribution is 0.0946. The van der Waals surface area contributed by atoms with Gasteiger partial charge in [0, 0.05) is 30.6 Å². The molecule has 5 rings (SSSR count). The van der Waals surface area contributed by atoms with Crippen molar-refractivity contribution in [3.8, 4) is 17.2 Å². The summed E-state index contributed by atoms with van der Waals surface area (Å²) >= 11 is 0. The van der Waals surface area contributed by atoms with Gasteiger partial charge in [0.15, 0.2) is 11.5 Å². The number of rotatable bonds is 7. The fraction of sp³-hybridized carbons (Fsp3) is 0.296. The molecule has 0 aliphatic carbocycles. The molecule has 3 aromatic carbocycles. The summed E-state index contributed by atoms with van der Waals surface area (Å²) in [4.78, 5) is 12.7. The Labute approximate surface area is 206 Å². The largest absolute Gasteiger partial charge is 0.493 e. The molecule has 2 aliphatic heterocycles. The Hall–Kier alpha value is -3.72. The maximum Gasteiger partial charge on any atom is 0.254 e. The standard InChI is InChI=1S/C27H25F3N2O4/c28-22-2-1-3-23(29)21(22)13-32-27(33)20-10-16(4-6-24(20)30)19-8-9-31-12-17(19)14-34-18-5-7-25-26(11-18)36-15-35-25/h1-7,10-11,17,19,31H,8-9,12-15H2,(H,32,33)/t17-,19-/m0/s1. The highest BCUT2D eigenvalue weighted by Gasteiger charge is 2.28. The van der Waals surface area contributed by atoms with Crippen molar-refractivity contribution in [2.45, 2.75) is 18.9 Å². The molecule has 0 bridgehead atoms. The summed E-state index contributed by atoms with van der Waals surface area (Å²) in [5.41, 5.74) is 0.360. The second-order valence-electron chi connectivity index (χ2n) is 8.81. The van der Waals surface area contributed by atoms with Gasteiger partial charge in [0.1, 0.15) is 23.2 Å². The highest BCUT2D eigenvalue weighted by atomic mass is 19.1. The van der Waals surface area contributed by atoms with Gasteiger partial charge in [-0.25, -0.2) is 13.2 Å². The Balaban J connectivity index is 1.28. The van der Waals surface area contributed by atoms with Crippen molar-refractivity contribution < 1.29 is 32.2 Å². The van der Waals surface area contributed by atoms with Crippen LogP contribution in [-0.2, 0) is 6.54 Å². The van der Waals surface area contributed by atoms with Crippen molar-refractivity contribution in [2.75, 3.05) is 26.5 Å². The van der Waals surface area contributed by atoms with Gasteiger partial charge in [-0.05, 0) is 60.8 Å². The van der Waals surface area contributed by atoms with Gasteiger partial charge in [0.05, 0.1) is 12.2 Å². The predicted molar refractivity (Wildman–Crippen MR) is 126 cm³/mol. The van der Waals surface area contributed by atoms with Crippen LogP contribution in [0.3, 0.4) is 0 Å². The molecule has 1 saturated heterocycles. The van der Waals surface area contributed by atoms with Crippen LogP contribution in [0.25, 0.3) is 0 Å². The third kappa shape index (κ3) is 5.11. The van der Waals surface area contributed by atoms with Crippen LogP contribution in [0.2, 0.25) is 0 Å². The van der Waals surface area contributed by atoms with Crippen LogP contribution in [0.15, 0.2) is 54.6 Å². The molecule has 0 spiro atoms. The van der Waals surface area contributed by atoms with Crippen LogP contribution in [0.5, 0.6) is 17.2 Å². The van der Waals surface area contributed by atoms with E-state index in [1.807, 2.05) is 6.07 Å². The van der Waals surface area contributed by atoms with Gasteiger partial charge >= 0.3 is 0 Å². The van der Waals surface area contributed by atoms with Crippen molar-refractivity contribution in [2.24, 2.45) is 5.92 Å². The van der Waals surface area contributed by atoms with E-state index >= 15 is 0 Å². The minimum Gasteiger partial charge on any atom is -0.493 e. The van der Waals surface area contributed by atoms with Gasteiger partial charge < -0.3 is 24.8 Å². The average Bonchev–Trinajstić information content (AvgIpc) is 3.35. The Kier molecular flexibility index (Phi) is 6.99. The number of hydrogen-bond acceptors (Lipinski definition) is 5. The maximum atomic E-state index is 14.6. The first-order valence-electron chi connectivity index (χ1n) is 11.7. The maximum absolute atomic E-state index is 14.6. The fourth-order valence-electron chi connectivity index (χ4n) is 4.62. The summed E-state index contributed by atoms with van der Waals surface area (Å²) in [6, 6.07) is 13.3. The van der Waals surface area contributed by atoms with Crippen molar-refractivity contribution in [3.63, 3.8) is 0 Å². The van der Waals surface area contributed by atoms with Gasteiger partial charge in [-0.2, -0.15) is 0 Å². The molecule has 0 radical (unpaired) electrons. The monoisotopic (exact) mass is 498 g/mol. The first-order chi connectivity index (χ1) is 17.5. The molecule has 36 heavy (non-hydrogen) atoms. The average molecular weight is 499 g/mol. The first-order valence-corrected chi connectivity index (χ1v) is 11.7. The highest BCUT2D eigenvalue weighted by Crippen LogP contribution is 2.36. The molecule has 3 aromatic rings. The Morgan fingerprint density at radius 2 is 1.81 bits per heavy atom. The quantitative estimate of drug-likeness (QED) is 0.501. The zero-order valence-electron chi connectivity index (χ0n) is 19.4. The summed E-state index contributed by atoms with van der Waals surface area (Å²) in [6.45, 7) is 1.67. The van der Waals surface area contributed by atoms with Crippen molar-refractivity contribution in [1.29, 1.82) is 0 Å². The molecule has 2 atom stereocenters. The molecule has 1 fully saturated rings. The summed E-state index contributed by atoms with van der Waals surface area (Å²) in [7, 11) is 0. The van der Waals surface area contributed by atoms with Crippen LogP contribution < -0.4 is 24.8 Å². The number of hydrogen-bond donors (Lipinski definition) is 2. The number of piperidine rings is 1. The lowest BCUT2D eigenvalue weighted by Gasteiger charge is -2.32.